The number of aliphatic carboxylic acids is 1. The number of nitrogens with two attached hydrogens (primary N) is 1. The normalized spacial score (nSPS) is 13.9. The van der Waals surface area contributed by atoms with Crippen LogP contribution in [0.5, 0.6) is 5.75 Å². The molecule has 0 heterocycles. The highest BCUT2D eigenvalue weighted by molar-refractivity contribution is 7.46. The maximum absolute atomic E-state index is 13.4. The lowest BCUT2D eigenvalue weighted by Gasteiger charge is -2.26. The van der Waals surface area contributed by atoms with E-state index in [1.165, 1.54) is 31.2 Å². The van der Waals surface area contributed by atoms with Gasteiger partial charge in [0.25, 0.3) is 0 Å². The first-order valence-corrected chi connectivity index (χ1v) is 17.8. The number of benzene rings is 2. The number of hydrogen-bond acceptors (Lipinski definition) is 9. The largest absolute Gasteiger partial charge is 0.524 e. The van der Waals surface area contributed by atoms with Gasteiger partial charge < -0.3 is 41.9 Å². The smallest absolute Gasteiger partial charge is 0.481 e. The molecule has 0 saturated heterocycles. The molecule has 284 valence electrons. The Balaban J connectivity index is 2.22. The first kappa shape index (κ1) is 42.8. The second-order valence-corrected chi connectivity index (χ2v) is 13.1. The lowest BCUT2D eigenvalue weighted by atomic mass is 9.97. The number of hydrogen-bond donors (Lipinski definition) is 9. The highest BCUT2D eigenvalue weighted by atomic mass is 32.2. The summed E-state index contributed by atoms with van der Waals surface area (Å²) in [7, 11) is -4.84. The molecular weight excluding hydrogens is 704 g/mol. The minimum atomic E-state index is -4.84. The van der Waals surface area contributed by atoms with Crippen LogP contribution < -0.4 is 36.8 Å². The molecular formula is C33H45N6O12P. The van der Waals surface area contributed by atoms with Gasteiger partial charge in [0.05, 0.1) is 6.54 Å². The molecule has 2 aromatic carbocycles. The minimum Gasteiger partial charge on any atom is -0.481 e. The number of carboxylic acid groups (broad SMARTS) is 1. The zero-order valence-corrected chi connectivity index (χ0v) is 29.8. The summed E-state index contributed by atoms with van der Waals surface area (Å²) in [5.41, 5.74) is 6.57. The Bertz CT molecular complexity index is 1620. The van der Waals surface area contributed by atoms with Crippen molar-refractivity contribution in [3.63, 3.8) is 0 Å². The van der Waals surface area contributed by atoms with Gasteiger partial charge in [-0.1, -0.05) is 62.7 Å². The van der Waals surface area contributed by atoms with Crippen LogP contribution in [-0.2, 0) is 51.0 Å². The summed E-state index contributed by atoms with van der Waals surface area (Å²) in [6, 6.07) is 8.93. The topological polar surface area (TPSA) is 293 Å². The fourth-order valence-electron chi connectivity index (χ4n) is 4.87. The van der Waals surface area contributed by atoms with Crippen LogP contribution in [0.3, 0.4) is 0 Å². The molecule has 19 heteroatoms. The highest BCUT2D eigenvalue weighted by Gasteiger charge is 2.31. The van der Waals surface area contributed by atoms with Crippen LogP contribution in [0.4, 0.5) is 0 Å². The molecule has 0 spiro atoms. The van der Waals surface area contributed by atoms with Gasteiger partial charge in [-0.3, -0.25) is 43.3 Å². The van der Waals surface area contributed by atoms with Crippen molar-refractivity contribution in [1.82, 2.24) is 26.6 Å². The van der Waals surface area contributed by atoms with Gasteiger partial charge in [0.1, 0.15) is 29.9 Å². The van der Waals surface area contributed by atoms with E-state index in [1.807, 2.05) is 0 Å². The van der Waals surface area contributed by atoms with Crippen LogP contribution in [0.1, 0.15) is 51.2 Å². The fraction of sp³-hybridized carbons (Fsp3) is 0.424. The molecule has 0 bridgehead atoms. The number of nitrogens with one attached hydrogen (secondary N) is 5. The Labute approximate surface area is 299 Å². The van der Waals surface area contributed by atoms with Crippen molar-refractivity contribution in [3.8, 4) is 5.75 Å². The molecule has 0 aromatic heterocycles. The molecule has 0 aliphatic rings. The number of carboxylic acids is 1. The van der Waals surface area contributed by atoms with Crippen molar-refractivity contribution >= 4 is 49.2 Å². The zero-order valence-electron chi connectivity index (χ0n) is 28.9. The average Bonchev–Trinajstić information content (AvgIpc) is 3.07. The van der Waals surface area contributed by atoms with Gasteiger partial charge in [-0.05, 0) is 35.6 Å². The Morgan fingerprint density at radius 3 is 1.90 bits per heavy atom. The van der Waals surface area contributed by atoms with E-state index in [0.717, 1.165) is 0 Å². The number of amides is 6. The number of phosphoric ester groups is 1. The predicted molar refractivity (Wildman–Crippen MR) is 185 cm³/mol. The van der Waals surface area contributed by atoms with Crippen molar-refractivity contribution in [2.24, 2.45) is 11.7 Å². The second kappa shape index (κ2) is 20.5. The number of primary amides is 1. The van der Waals surface area contributed by atoms with Gasteiger partial charge in [-0.2, -0.15) is 0 Å². The molecule has 10 N–H and O–H groups in total. The third-order valence-electron chi connectivity index (χ3n) is 7.74. The van der Waals surface area contributed by atoms with Crippen LogP contribution in [0.25, 0.3) is 0 Å². The van der Waals surface area contributed by atoms with Crippen molar-refractivity contribution in [3.05, 3.63) is 65.7 Å². The summed E-state index contributed by atoms with van der Waals surface area (Å²) < 4.78 is 15.7. The molecule has 0 radical (unpaired) electrons. The second-order valence-electron chi connectivity index (χ2n) is 12.0. The summed E-state index contributed by atoms with van der Waals surface area (Å²) in [6.07, 6.45) is -0.535. The third kappa shape index (κ3) is 15.7. The van der Waals surface area contributed by atoms with E-state index >= 15 is 0 Å². The molecule has 18 nitrogen and oxygen atoms in total. The van der Waals surface area contributed by atoms with Crippen molar-refractivity contribution in [1.29, 1.82) is 0 Å². The lowest BCUT2D eigenvalue weighted by Crippen LogP contribution is -2.57. The van der Waals surface area contributed by atoms with E-state index in [1.54, 1.807) is 44.2 Å². The van der Waals surface area contributed by atoms with E-state index < -0.39 is 86.4 Å². The Hall–Kier alpha value is -5.32. The van der Waals surface area contributed by atoms with Gasteiger partial charge in [-0.25, -0.2) is 4.57 Å². The fourth-order valence-corrected chi connectivity index (χ4v) is 5.26. The Kier molecular flexibility index (Phi) is 16.9. The highest BCUT2D eigenvalue weighted by Crippen LogP contribution is 2.37. The molecule has 6 amide bonds. The van der Waals surface area contributed by atoms with Crippen molar-refractivity contribution in [2.75, 3.05) is 6.54 Å². The Morgan fingerprint density at radius 1 is 0.788 bits per heavy atom. The van der Waals surface area contributed by atoms with Crippen LogP contribution in [-0.4, -0.2) is 87.0 Å². The van der Waals surface area contributed by atoms with Crippen LogP contribution >= 0.6 is 7.82 Å². The van der Waals surface area contributed by atoms with E-state index in [2.05, 4.69) is 31.1 Å². The van der Waals surface area contributed by atoms with Gasteiger partial charge >= 0.3 is 13.8 Å². The molecule has 2 aromatic rings. The van der Waals surface area contributed by atoms with E-state index in [-0.39, 0.29) is 30.9 Å². The molecule has 52 heavy (non-hydrogen) atoms. The predicted octanol–water partition coefficient (Wildman–Crippen LogP) is -0.585. The van der Waals surface area contributed by atoms with Crippen LogP contribution in [0, 0.1) is 5.92 Å². The molecule has 0 fully saturated rings. The molecule has 2 rings (SSSR count). The van der Waals surface area contributed by atoms with Gasteiger partial charge in [0.2, 0.25) is 35.4 Å². The molecule has 0 saturated carbocycles. The number of phosphoric acid groups is 1. The third-order valence-corrected chi connectivity index (χ3v) is 8.19. The molecule has 0 aliphatic carbocycles. The summed E-state index contributed by atoms with van der Waals surface area (Å²) in [5.74, 6) is -6.44. The number of rotatable bonds is 21. The maximum atomic E-state index is 13.4. The lowest BCUT2D eigenvalue weighted by molar-refractivity contribution is -0.138. The quantitative estimate of drug-likeness (QED) is 0.0725. The van der Waals surface area contributed by atoms with Crippen LogP contribution in [0.15, 0.2) is 54.6 Å². The first-order valence-electron chi connectivity index (χ1n) is 16.2. The Morgan fingerprint density at radius 2 is 1.37 bits per heavy atom. The van der Waals surface area contributed by atoms with E-state index in [4.69, 9.17) is 15.5 Å². The van der Waals surface area contributed by atoms with E-state index in [9.17, 15) is 43.2 Å². The van der Waals surface area contributed by atoms with Gasteiger partial charge in [0, 0.05) is 26.2 Å². The van der Waals surface area contributed by atoms with Crippen LogP contribution in [0.2, 0.25) is 0 Å². The summed E-state index contributed by atoms with van der Waals surface area (Å²) >= 11 is 0. The monoisotopic (exact) mass is 749 g/mol. The minimum absolute atomic E-state index is 0.0317. The summed E-state index contributed by atoms with van der Waals surface area (Å²) in [4.78, 5) is 106. The molecule has 5 atom stereocenters. The molecule has 0 unspecified atom stereocenters. The summed E-state index contributed by atoms with van der Waals surface area (Å²) in [5, 5.41) is 21.5. The zero-order chi connectivity index (χ0) is 39.0. The van der Waals surface area contributed by atoms with Gasteiger partial charge in [0.15, 0.2) is 0 Å². The van der Waals surface area contributed by atoms with Gasteiger partial charge in [-0.15, -0.1) is 0 Å². The van der Waals surface area contributed by atoms with E-state index in [0.29, 0.717) is 17.5 Å². The average molecular weight is 750 g/mol. The standard InChI is InChI=1S/C33H45N6O12P/c1-4-19(2)29(36-20(3)40)33(47)39-26(17-22-10-12-23(13-11-22)51-52(48,49)50)31(45)35-18-27(41)37-24(14-15-28(42)43)32(46)38-25(30(34)44)16-21-8-6-5-7-9-21/h5-13,19,24-26,29H,4,14-18H2,1-3H3,(H2,34,44)(H,35,45)(H,36,40)(H,37,41)(H,38,46)(H,39,47)(H,42,43)(H2,48,49,50)/t19-,24-,25-,26-,29-/m0/s1/i52+1. The maximum Gasteiger partial charge on any atom is 0.524 e. The number of carbonyl (C=O) groups excluding carboxylic acids is 6. The number of carbonyl (C=O) groups is 7. The molecule has 0 aliphatic heterocycles. The van der Waals surface area contributed by atoms with Crippen molar-refractivity contribution in [2.45, 2.75) is 77.0 Å². The summed E-state index contributed by atoms with van der Waals surface area (Å²) in [6.45, 7) is 4.04. The van der Waals surface area contributed by atoms with Crippen molar-refractivity contribution < 1.29 is 57.5 Å². The SMILES string of the molecule is CC[C@H](C)[C@H](NC(C)=O)C(=O)N[C@@H](Cc1ccc(O[32P](=O)(O)O)cc1)C(=O)NCC(=O)N[C@@H](CCC(=O)O)C(=O)N[C@@H](Cc1ccccc1)C(N)=O. The first-order chi connectivity index (χ1) is 24.4.